The van der Waals surface area contributed by atoms with Crippen molar-refractivity contribution in [3.63, 3.8) is 0 Å². The van der Waals surface area contributed by atoms with Gasteiger partial charge in [-0.15, -0.1) is 0 Å². The number of anilines is 1. The first kappa shape index (κ1) is 13.3. The molecule has 1 N–H and O–H groups in total. The standard InChI is InChI=1S/C12H16BrN3O2/c1-2-12(4-3-5-12)8-15-11-10(16(17)18)6-9(13)7-14-11/h6-7H,2-5,8H2,1H3,(H,14,15). The summed E-state index contributed by atoms with van der Waals surface area (Å²) in [6, 6.07) is 1.48. The number of aromatic nitrogens is 1. The molecule has 0 atom stereocenters. The predicted molar refractivity (Wildman–Crippen MR) is 73.7 cm³/mol. The molecule has 1 fully saturated rings. The molecule has 1 aliphatic rings. The molecule has 2 rings (SSSR count). The number of nitrogens with one attached hydrogen (secondary N) is 1. The van der Waals surface area contributed by atoms with E-state index >= 15 is 0 Å². The van der Waals surface area contributed by atoms with E-state index in [2.05, 4.69) is 33.2 Å². The Morgan fingerprint density at radius 1 is 1.61 bits per heavy atom. The predicted octanol–water partition coefficient (Wildman–Crippen LogP) is 3.74. The first-order valence-corrected chi connectivity index (χ1v) is 6.89. The lowest BCUT2D eigenvalue weighted by Gasteiger charge is -2.41. The summed E-state index contributed by atoms with van der Waals surface area (Å²) in [6.07, 6.45) is 6.33. The van der Waals surface area contributed by atoms with Crippen LogP contribution in [0.15, 0.2) is 16.7 Å². The van der Waals surface area contributed by atoms with Gasteiger partial charge in [-0.3, -0.25) is 10.1 Å². The van der Waals surface area contributed by atoms with Gasteiger partial charge >= 0.3 is 5.69 Å². The summed E-state index contributed by atoms with van der Waals surface area (Å²) in [5, 5.41) is 14.1. The van der Waals surface area contributed by atoms with Gasteiger partial charge in [0.05, 0.1) is 4.92 Å². The average Bonchev–Trinajstić information content (AvgIpc) is 2.29. The van der Waals surface area contributed by atoms with Crippen LogP contribution in [-0.4, -0.2) is 16.5 Å². The van der Waals surface area contributed by atoms with Gasteiger partial charge in [0.15, 0.2) is 0 Å². The molecular formula is C12H16BrN3O2. The van der Waals surface area contributed by atoms with Crippen molar-refractivity contribution < 1.29 is 4.92 Å². The van der Waals surface area contributed by atoms with E-state index in [0.29, 0.717) is 15.7 Å². The van der Waals surface area contributed by atoms with Crippen LogP contribution >= 0.6 is 15.9 Å². The molecule has 0 spiro atoms. The van der Waals surface area contributed by atoms with Crippen molar-refractivity contribution >= 4 is 27.4 Å². The van der Waals surface area contributed by atoms with Gasteiger partial charge in [-0.1, -0.05) is 13.3 Å². The van der Waals surface area contributed by atoms with Gasteiger partial charge in [0, 0.05) is 23.3 Å². The largest absolute Gasteiger partial charge is 0.364 e. The fraction of sp³-hybridized carbons (Fsp3) is 0.583. The lowest BCUT2D eigenvalue weighted by atomic mass is 9.67. The van der Waals surface area contributed by atoms with Crippen LogP contribution in [0.4, 0.5) is 11.5 Å². The summed E-state index contributed by atoms with van der Waals surface area (Å²) >= 11 is 3.20. The number of nitro groups is 1. The highest BCUT2D eigenvalue weighted by atomic mass is 79.9. The van der Waals surface area contributed by atoms with Crippen LogP contribution in [0.2, 0.25) is 0 Å². The van der Waals surface area contributed by atoms with Crippen molar-refractivity contribution in [2.45, 2.75) is 32.6 Å². The maximum Gasteiger partial charge on any atom is 0.312 e. The number of rotatable bonds is 5. The summed E-state index contributed by atoms with van der Waals surface area (Å²) in [6.45, 7) is 2.93. The third-order valence-electron chi connectivity index (χ3n) is 3.83. The zero-order valence-corrected chi connectivity index (χ0v) is 11.9. The molecule has 6 heteroatoms. The minimum atomic E-state index is -0.403. The van der Waals surface area contributed by atoms with Crippen LogP contribution in [0.5, 0.6) is 0 Å². The van der Waals surface area contributed by atoms with E-state index in [1.54, 1.807) is 6.20 Å². The Bertz CT molecular complexity index is 455. The topological polar surface area (TPSA) is 68.1 Å². The van der Waals surface area contributed by atoms with Gasteiger partial charge in [-0.25, -0.2) is 4.98 Å². The van der Waals surface area contributed by atoms with Crippen molar-refractivity contribution in [2.75, 3.05) is 11.9 Å². The second kappa shape index (κ2) is 5.22. The van der Waals surface area contributed by atoms with Gasteiger partial charge in [-0.2, -0.15) is 0 Å². The number of hydrogen-bond acceptors (Lipinski definition) is 4. The van der Waals surface area contributed by atoms with Crippen molar-refractivity contribution in [2.24, 2.45) is 5.41 Å². The summed E-state index contributed by atoms with van der Waals surface area (Å²) < 4.78 is 0.619. The molecule has 1 aliphatic carbocycles. The first-order chi connectivity index (χ1) is 8.56. The highest BCUT2D eigenvalue weighted by Crippen LogP contribution is 2.44. The van der Waals surface area contributed by atoms with Gasteiger partial charge < -0.3 is 5.32 Å². The lowest BCUT2D eigenvalue weighted by Crippen LogP contribution is -2.36. The van der Waals surface area contributed by atoms with Crippen LogP contribution in [0.1, 0.15) is 32.6 Å². The molecule has 1 aromatic rings. The van der Waals surface area contributed by atoms with E-state index in [0.717, 1.165) is 13.0 Å². The molecule has 0 aliphatic heterocycles. The van der Waals surface area contributed by atoms with Crippen molar-refractivity contribution in [3.05, 3.63) is 26.9 Å². The van der Waals surface area contributed by atoms with Crippen molar-refractivity contribution in [1.29, 1.82) is 0 Å². The van der Waals surface area contributed by atoms with E-state index in [1.807, 2.05) is 0 Å². The molecular weight excluding hydrogens is 298 g/mol. The van der Waals surface area contributed by atoms with Gasteiger partial charge in [0.2, 0.25) is 5.82 Å². The molecule has 0 aromatic carbocycles. The monoisotopic (exact) mass is 313 g/mol. The second-order valence-corrected chi connectivity index (χ2v) is 5.75. The van der Waals surface area contributed by atoms with E-state index in [-0.39, 0.29) is 5.69 Å². The summed E-state index contributed by atoms with van der Waals surface area (Å²) in [5.74, 6) is 0.364. The average molecular weight is 314 g/mol. The normalized spacial score (nSPS) is 17.0. The van der Waals surface area contributed by atoms with Crippen LogP contribution in [0, 0.1) is 15.5 Å². The maximum absolute atomic E-state index is 11.0. The molecule has 0 saturated heterocycles. The fourth-order valence-corrected chi connectivity index (χ4v) is 2.63. The van der Waals surface area contributed by atoms with Crippen molar-refractivity contribution in [3.8, 4) is 0 Å². The van der Waals surface area contributed by atoms with Crippen LogP contribution < -0.4 is 5.32 Å². The quantitative estimate of drug-likeness (QED) is 0.664. The molecule has 0 amide bonds. The molecule has 18 heavy (non-hydrogen) atoms. The fourth-order valence-electron chi connectivity index (χ4n) is 2.31. The van der Waals surface area contributed by atoms with Gasteiger partial charge in [0.25, 0.3) is 0 Å². The maximum atomic E-state index is 11.0. The number of pyridine rings is 1. The molecule has 5 nitrogen and oxygen atoms in total. The Labute approximate surface area is 114 Å². The van der Waals surface area contributed by atoms with Gasteiger partial charge in [0.1, 0.15) is 0 Å². The molecule has 0 bridgehead atoms. The van der Waals surface area contributed by atoms with Crippen LogP contribution in [0.3, 0.4) is 0 Å². The zero-order chi connectivity index (χ0) is 13.2. The van der Waals surface area contributed by atoms with Crippen LogP contribution in [0.25, 0.3) is 0 Å². The zero-order valence-electron chi connectivity index (χ0n) is 10.3. The van der Waals surface area contributed by atoms with E-state index in [4.69, 9.17) is 0 Å². The van der Waals surface area contributed by atoms with Crippen molar-refractivity contribution in [1.82, 2.24) is 4.98 Å². The molecule has 1 aromatic heterocycles. The second-order valence-electron chi connectivity index (χ2n) is 4.84. The van der Waals surface area contributed by atoms with E-state index in [1.165, 1.54) is 25.3 Å². The summed E-state index contributed by atoms with van der Waals surface area (Å²) in [7, 11) is 0. The third kappa shape index (κ3) is 2.63. The smallest absolute Gasteiger partial charge is 0.312 e. The highest BCUT2D eigenvalue weighted by molar-refractivity contribution is 9.10. The Morgan fingerprint density at radius 2 is 2.33 bits per heavy atom. The third-order valence-corrected chi connectivity index (χ3v) is 4.26. The van der Waals surface area contributed by atoms with E-state index in [9.17, 15) is 10.1 Å². The van der Waals surface area contributed by atoms with E-state index < -0.39 is 4.92 Å². The Balaban J connectivity index is 2.11. The van der Waals surface area contributed by atoms with Gasteiger partial charge in [-0.05, 0) is 40.6 Å². The number of hydrogen-bond donors (Lipinski definition) is 1. The summed E-state index contributed by atoms with van der Waals surface area (Å²) in [4.78, 5) is 14.6. The Morgan fingerprint density at radius 3 is 2.83 bits per heavy atom. The minimum Gasteiger partial charge on any atom is -0.364 e. The summed E-state index contributed by atoms with van der Waals surface area (Å²) in [5.41, 5.74) is 0.331. The molecule has 98 valence electrons. The SMILES string of the molecule is CCC1(CNc2ncc(Br)cc2[N+](=O)[O-])CCC1. The molecule has 0 unspecified atom stereocenters. The molecule has 1 heterocycles. The number of halogens is 1. The lowest BCUT2D eigenvalue weighted by molar-refractivity contribution is -0.384. The Kier molecular flexibility index (Phi) is 3.85. The molecule has 0 radical (unpaired) electrons. The molecule has 1 saturated carbocycles. The van der Waals surface area contributed by atoms with Crippen LogP contribution in [-0.2, 0) is 0 Å². The Hall–Kier alpha value is -1.17. The number of nitrogens with zero attached hydrogens (tertiary/aromatic N) is 2. The highest BCUT2D eigenvalue weighted by Gasteiger charge is 2.35. The minimum absolute atomic E-state index is 0.0231. The first-order valence-electron chi connectivity index (χ1n) is 6.10.